The van der Waals surface area contributed by atoms with Crippen molar-refractivity contribution in [2.45, 2.75) is 18.4 Å². The number of hydrogen-bond donors (Lipinski definition) is 1. The van der Waals surface area contributed by atoms with E-state index < -0.39 is 0 Å². The van der Waals surface area contributed by atoms with Gasteiger partial charge in [0.05, 0.1) is 0 Å². The van der Waals surface area contributed by atoms with Crippen LogP contribution < -0.4 is 10.6 Å². The summed E-state index contributed by atoms with van der Waals surface area (Å²) >= 11 is 0. The van der Waals surface area contributed by atoms with Gasteiger partial charge >= 0.3 is 6.03 Å². The monoisotopic (exact) mass is 231 g/mol. The minimum Gasteiger partial charge on any atom is -0.326 e. The summed E-state index contributed by atoms with van der Waals surface area (Å²) in [5, 5.41) is 0. The maximum atomic E-state index is 11.9. The number of nitrogens with zero attached hydrogens (tertiary/aromatic N) is 2. The lowest BCUT2D eigenvalue weighted by molar-refractivity contribution is 0.229. The number of urea groups is 1. The number of hydrogen-bond acceptors (Lipinski definition) is 2. The molecule has 4 nitrogen and oxygen atoms in total. The maximum Gasteiger partial charge on any atom is 0.324 e. The molecule has 90 valence electrons. The number of carbonyl (C=O) groups is 1. The molecule has 4 heteroatoms. The van der Waals surface area contributed by atoms with Crippen LogP contribution in [0, 0.1) is 0 Å². The molecule has 2 N–H and O–H groups in total. The van der Waals surface area contributed by atoms with Gasteiger partial charge in [-0.05, 0) is 30.5 Å². The van der Waals surface area contributed by atoms with Gasteiger partial charge in [-0.1, -0.05) is 12.1 Å². The van der Waals surface area contributed by atoms with Crippen molar-refractivity contribution in [3.05, 3.63) is 29.8 Å². The van der Waals surface area contributed by atoms with E-state index in [0.29, 0.717) is 0 Å². The van der Waals surface area contributed by atoms with Crippen LogP contribution in [-0.4, -0.2) is 31.1 Å². The van der Waals surface area contributed by atoms with Crippen molar-refractivity contribution >= 4 is 11.7 Å². The van der Waals surface area contributed by atoms with Gasteiger partial charge in [-0.25, -0.2) is 4.79 Å². The SMILES string of the molecule is CN1CCN(c2cccc(C3(N)CC3)c2)C1=O. The van der Waals surface area contributed by atoms with Crippen molar-refractivity contribution in [3.63, 3.8) is 0 Å². The zero-order chi connectivity index (χ0) is 12.0. The lowest BCUT2D eigenvalue weighted by atomic mass is 10.1. The van der Waals surface area contributed by atoms with Crippen LogP contribution in [0.3, 0.4) is 0 Å². The quantitative estimate of drug-likeness (QED) is 0.838. The normalized spacial score (nSPS) is 22.1. The summed E-state index contributed by atoms with van der Waals surface area (Å²) < 4.78 is 0. The smallest absolute Gasteiger partial charge is 0.324 e. The number of anilines is 1. The Morgan fingerprint density at radius 2 is 2.06 bits per heavy atom. The first kappa shape index (κ1) is 10.6. The molecule has 17 heavy (non-hydrogen) atoms. The number of likely N-dealkylation sites (N-methyl/N-ethyl adjacent to an activating group) is 1. The number of carbonyl (C=O) groups excluding carboxylic acids is 1. The van der Waals surface area contributed by atoms with Gasteiger partial charge in [0.1, 0.15) is 0 Å². The second kappa shape index (κ2) is 3.47. The Kier molecular flexibility index (Phi) is 2.16. The first-order chi connectivity index (χ1) is 8.10. The second-order valence-electron chi connectivity index (χ2n) is 5.06. The fourth-order valence-electron chi connectivity index (χ4n) is 2.29. The molecule has 0 bridgehead atoms. The van der Waals surface area contributed by atoms with Gasteiger partial charge in [0.2, 0.25) is 0 Å². The third-order valence-corrected chi connectivity index (χ3v) is 3.74. The Morgan fingerprint density at radius 3 is 2.65 bits per heavy atom. The van der Waals surface area contributed by atoms with E-state index >= 15 is 0 Å². The molecule has 0 spiro atoms. The summed E-state index contributed by atoms with van der Waals surface area (Å²) in [6.07, 6.45) is 2.09. The zero-order valence-electron chi connectivity index (χ0n) is 10.0. The molecule has 1 aliphatic heterocycles. The highest BCUT2D eigenvalue weighted by Gasteiger charge is 2.40. The van der Waals surface area contributed by atoms with E-state index in [0.717, 1.165) is 37.2 Å². The minimum atomic E-state index is -0.134. The van der Waals surface area contributed by atoms with E-state index in [1.165, 1.54) is 0 Å². The van der Waals surface area contributed by atoms with Crippen molar-refractivity contribution in [2.24, 2.45) is 5.73 Å². The average Bonchev–Trinajstić information content (AvgIpc) is 3.00. The predicted molar refractivity (Wildman–Crippen MR) is 66.9 cm³/mol. The molecule has 2 aliphatic rings. The molecule has 1 aromatic carbocycles. The van der Waals surface area contributed by atoms with E-state index in [9.17, 15) is 4.79 Å². The van der Waals surface area contributed by atoms with Crippen LogP contribution in [0.5, 0.6) is 0 Å². The fourth-order valence-corrected chi connectivity index (χ4v) is 2.29. The minimum absolute atomic E-state index is 0.0732. The summed E-state index contributed by atoms with van der Waals surface area (Å²) in [6.45, 7) is 1.55. The van der Waals surface area contributed by atoms with E-state index in [-0.39, 0.29) is 11.6 Å². The van der Waals surface area contributed by atoms with E-state index in [1.807, 2.05) is 24.1 Å². The molecular formula is C13H17N3O. The Morgan fingerprint density at radius 1 is 1.29 bits per heavy atom. The number of nitrogens with two attached hydrogens (primary N) is 1. The van der Waals surface area contributed by atoms with Gasteiger partial charge in [-0.15, -0.1) is 0 Å². The fraction of sp³-hybridized carbons (Fsp3) is 0.462. The Hall–Kier alpha value is -1.55. The highest BCUT2D eigenvalue weighted by molar-refractivity contribution is 5.94. The molecule has 3 rings (SSSR count). The van der Waals surface area contributed by atoms with Crippen molar-refractivity contribution in [2.75, 3.05) is 25.0 Å². The van der Waals surface area contributed by atoms with E-state index in [4.69, 9.17) is 5.73 Å². The predicted octanol–water partition coefficient (Wildman–Crippen LogP) is 1.51. The molecule has 1 heterocycles. The first-order valence-corrected chi connectivity index (χ1v) is 6.02. The standard InChI is InChI=1S/C13H17N3O/c1-15-7-8-16(12(15)17)11-4-2-3-10(9-11)13(14)5-6-13/h2-4,9H,5-8,14H2,1H3. The molecule has 1 saturated heterocycles. The molecule has 1 aliphatic carbocycles. The van der Waals surface area contributed by atoms with Crippen molar-refractivity contribution in [1.29, 1.82) is 0 Å². The Balaban J connectivity index is 1.91. The van der Waals surface area contributed by atoms with Gasteiger partial charge in [-0.3, -0.25) is 4.90 Å². The van der Waals surface area contributed by atoms with Gasteiger partial charge in [0, 0.05) is 31.4 Å². The summed E-state index contributed by atoms with van der Waals surface area (Å²) in [7, 11) is 1.83. The molecular weight excluding hydrogens is 214 g/mol. The van der Waals surface area contributed by atoms with Crippen LogP contribution in [0.25, 0.3) is 0 Å². The number of amides is 2. The lowest BCUT2D eigenvalue weighted by Crippen LogP contribution is -2.29. The summed E-state index contributed by atoms with van der Waals surface area (Å²) in [4.78, 5) is 15.5. The van der Waals surface area contributed by atoms with E-state index in [2.05, 4.69) is 12.1 Å². The third-order valence-electron chi connectivity index (χ3n) is 3.74. The molecule has 0 unspecified atom stereocenters. The van der Waals surface area contributed by atoms with Crippen molar-refractivity contribution in [3.8, 4) is 0 Å². The van der Waals surface area contributed by atoms with Gasteiger partial charge < -0.3 is 10.6 Å². The molecule has 0 aromatic heterocycles. The lowest BCUT2D eigenvalue weighted by Gasteiger charge is -2.18. The Bertz CT molecular complexity index is 467. The molecule has 1 aromatic rings. The van der Waals surface area contributed by atoms with Gasteiger partial charge in [0.15, 0.2) is 0 Å². The molecule has 1 saturated carbocycles. The summed E-state index contributed by atoms with van der Waals surface area (Å²) in [5.74, 6) is 0. The molecule has 0 radical (unpaired) electrons. The van der Waals surface area contributed by atoms with Crippen LogP contribution in [-0.2, 0) is 5.54 Å². The van der Waals surface area contributed by atoms with Gasteiger partial charge in [0.25, 0.3) is 0 Å². The average molecular weight is 231 g/mol. The summed E-state index contributed by atoms with van der Waals surface area (Å²) in [5.41, 5.74) is 8.17. The highest BCUT2D eigenvalue weighted by Crippen LogP contribution is 2.43. The van der Waals surface area contributed by atoms with Gasteiger partial charge in [-0.2, -0.15) is 0 Å². The zero-order valence-corrected chi connectivity index (χ0v) is 10.0. The highest BCUT2D eigenvalue weighted by atomic mass is 16.2. The third kappa shape index (κ3) is 1.69. The van der Waals surface area contributed by atoms with Crippen LogP contribution >= 0.6 is 0 Å². The van der Waals surface area contributed by atoms with Crippen LogP contribution in [0.4, 0.5) is 10.5 Å². The number of benzene rings is 1. The second-order valence-corrected chi connectivity index (χ2v) is 5.06. The maximum absolute atomic E-state index is 11.9. The van der Waals surface area contributed by atoms with Crippen molar-refractivity contribution < 1.29 is 4.79 Å². The van der Waals surface area contributed by atoms with E-state index in [1.54, 1.807) is 4.90 Å². The molecule has 0 atom stereocenters. The topological polar surface area (TPSA) is 49.6 Å². The largest absolute Gasteiger partial charge is 0.326 e. The first-order valence-electron chi connectivity index (χ1n) is 6.02. The van der Waals surface area contributed by atoms with Crippen LogP contribution in [0.15, 0.2) is 24.3 Å². The van der Waals surface area contributed by atoms with Crippen LogP contribution in [0.1, 0.15) is 18.4 Å². The molecule has 2 fully saturated rings. The molecule has 2 amide bonds. The summed E-state index contributed by atoms with van der Waals surface area (Å²) in [6, 6.07) is 8.16. The Labute approximate surface area is 101 Å². The van der Waals surface area contributed by atoms with Crippen LogP contribution in [0.2, 0.25) is 0 Å². The number of rotatable bonds is 2. The van der Waals surface area contributed by atoms with Crippen molar-refractivity contribution in [1.82, 2.24) is 4.90 Å².